The lowest BCUT2D eigenvalue weighted by Crippen LogP contribution is -2.45. The van der Waals surface area contributed by atoms with Gasteiger partial charge >= 0.3 is 0 Å². The normalized spacial score (nSPS) is 12.5. The average Bonchev–Trinajstić information content (AvgIpc) is 2.48. The molecule has 1 N–H and O–H groups in total. The van der Waals surface area contributed by atoms with Crippen LogP contribution in [-0.2, 0) is 14.8 Å². The van der Waals surface area contributed by atoms with Gasteiger partial charge in [-0.05, 0) is 49.4 Å². The molecule has 8 heteroatoms. The van der Waals surface area contributed by atoms with E-state index >= 15 is 0 Å². The van der Waals surface area contributed by atoms with E-state index in [2.05, 4.69) is 5.32 Å². The predicted octanol–water partition coefficient (Wildman–Crippen LogP) is 3.79. The van der Waals surface area contributed by atoms with Crippen molar-refractivity contribution in [3.63, 3.8) is 0 Å². The Morgan fingerprint density at radius 1 is 1.08 bits per heavy atom. The Bertz CT molecular complexity index is 839. The van der Waals surface area contributed by atoms with Gasteiger partial charge in [-0.2, -0.15) is 0 Å². The van der Waals surface area contributed by atoms with Crippen LogP contribution in [0.15, 0.2) is 48.5 Å². The van der Waals surface area contributed by atoms with Crippen LogP contribution in [0.4, 0.5) is 11.4 Å². The van der Waals surface area contributed by atoms with Gasteiger partial charge < -0.3 is 5.32 Å². The molecule has 0 spiro atoms. The molecular weight excluding hydrogens is 371 g/mol. The Hall–Kier alpha value is -1.76. The van der Waals surface area contributed by atoms with Gasteiger partial charge in [-0.1, -0.05) is 29.3 Å². The van der Waals surface area contributed by atoms with Gasteiger partial charge in [-0.3, -0.25) is 9.10 Å². The summed E-state index contributed by atoms with van der Waals surface area (Å²) in [6.07, 6.45) is 1.05. The van der Waals surface area contributed by atoms with Crippen LogP contribution in [0.25, 0.3) is 0 Å². The minimum absolute atomic E-state index is 0.357. The van der Waals surface area contributed by atoms with Gasteiger partial charge in [0.1, 0.15) is 6.04 Å². The largest absolute Gasteiger partial charge is 0.324 e. The van der Waals surface area contributed by atoms with E-state index in [4.69, 9.17) is 23.2 Å². The molecule has 2 rings (SSSR count). The van der Waals surface area contributed by atoms with Crippen LogP contribution in [0.3, 0.4) is 0 Å². The number of rotatable bonds is 5. The van der Waals surface area contributed by atoms with E-state index in [1.165, 1.54) is 6.92 Å². The molecule has 0 aliphatic carbocycles. The van der Waals surface area contributed by atoms with E-state index in [1.54, 1.807) is 48.5 Å². The van der Waals surface area contributed by atoms with Gasteiger partial charge in [0, 0.05) is 15.7 Å². The molecule has 0 aromatic heterocycles. The van der Waals surface area contributed by atoms with Crippen molar-refractivity contribution >= 4 is 50.5 Å². The maximum Gasteiger partial charge on any atom is 0.247 e. The summed E-state index contributed by atoms with van der Waals surface area (Å²) in [6, 6.07) is 11.9. The molecule has 1 unspecified atom stereocenters. The Kier molecular flexibility index (Phi) is 5.74. The highest BCUT2D eigenvalue weighted by Gasteiger charge is 2.29. The van der Waals surface area contributed by atoms with Crippen molar-refractivity contribution in [1.82, 2.24) is 0 Å². The van der Waals surface area contributed by atoms with E-state index in [0.717, 1.165) is 10.6 Å². The third-order valence-electron chi connectivity index (χ3n) is 3.26. The molecule has 24 heavy (non-hydrogen) atoms. The van der Waals surface area contributed by atoms with Gasteiger partial charge in [-0.25, -0.2) is 8.42 Å². The summed E-state index contributed by atoms with van der Waals surface area (Å²) in [7, 11) is -3.67. The monoisotopic (exact) mass is 386 g/mol. The van der Waals surface area contributed by atoms with Crippen molar-refractivity contribution in [3.05, 3.63) is 58.6 Å². The molecule has 0 fully saturated rings. The van der Waals surface area contributed by atoms with Crippen molar-refractivity contribution in [1.29, 1.82) is 0 Å². The number of nitrogens with one attached hydrogen (secondary N) is 1. The second-order valence-corrected chi connectivity index (χ2v) is 7.94. The number of benzene rings is 2. The van der Waals surface area contributed by atoms with Crippen molar-refractivity contribution in [2.45, 2.75) is 13.0 Å². The molecule has 0 saturated carbocycles. The molecule has 2 aromatic carbocycles. The van der Waals surface area contributed by atoms with Gasteiger partial charge in [0.2, 0.25) is 15.9 Å². The smallest absolute Gasteiger partial charge is 0.247 e. The zero-order chi connectivity index (χ0) is 17.9. The van der Waals surface area contributed by atoms with Gasteiger partial charge in [0.25, 0.3) is 0 Å². The zero-order valence-electron chi connectivity index (χ0n) is 13.0. The lowest BCUT2D eigenvalue weighted by molar-refractivity contribution is -0.116. The Balaban J connectivity index is 2.29. The second kappa shape index (κ2) is 7.42. The fourth-order valence-corrected chi connectivity index (χ4v) is 3.70. The van der Waals surface area contributed by atoms with Crippen LogP contribution in [0, 0.1) is 0 Å². The van der Waals surface area contributed by atoms with Crippen molar-refractivity contribution in [2.24, 2.45) is 0 Å². The first-order chi connectivity index (χ1) is 11.2. The van der Waals surface area contributed by atoms with E-state index in [-0.39, 0.29) is 0 Å². The van der Waals surface area contributed by atoms with E-state index in [0.29, 0.717) is 21.4 Å². The summed E-state index contributed by atoms with van der Waals surface area (Å²) in [5.41, 5.74) is 0.847. The highest BCUT2D eigenvalue weighted by molar-refractivity contribution is 7.92. The number of hydrogen-bond donors (Lipinski definition) is 1. The summed E-state index contributed by atoms with van der Waals surface area (Å²) in [6.45, 7) is 1.51. The van der Waals surface area contributed by atoms with Crippen molar-refractivity contribution in [3.8, 4) is 0 Å². The number of carbonyl (C=O) groups excluding carboxylic acids is 1. The molecule has 0 saturated heterocycles. The molecule has 0 aliphatic heterocycles. The quantitative estimate of drug-likeness (QED) is 0.849. The molecule has 0 radical (unpaired) electrons. The van der Waals surface area contributed by atoms with Crippen LogP contribution in [0.2, 0.25) is 10.0 Å². The summed E-state index contributed by atoms with van der Waals surface area (Å²) < 4.78 is 25.4. The number of sulfonamides is 1. The van der Waals surface area contributed by atoms with Gasteiger partial charge in [0.05, 0.1) is 11.9 Å². The molecule has 1 atom stereocenters. The molecule has 0 heterocycles. The number of halogens is 2. The topological polar surface area (TPSA) is 66.5 Å². The maximum absolute atomic E-state index is 12.5. The number of hydrogen-bond acceptors (Lipinski definition) is 3. The third kappa shape index (κ3) is 4.63. The molecule has 0 aliphatic rings. The van der Waals surface area contributed by atoms with Crippen molar-refractivity contribution < 1.29 is 13.2 Å². The Morgan fingerprint density at radius 2 is 1.71 bits per heavy atom. The molecule has 2 aromatic rings. The average molecular weight is 387 g/mol. The van der Waals surface area contributed by atoms with E-state index < -0.39 is 22.0 Å². The van der Waals surface area contributed by atoms with Crippen LogP contribution in [0.1, 0.15) is 6.92 Å². The Labute approximate surface area is 151 Å². The Morgan fingerprint density at radius 3 is 2.25 bits per heavy atom. The first-order valence-corrected chi connectivity index (χ1v) is 9.60. The lowest BCUT2D eigenvalue weighted by Gasteiger charge is -2.28. The maximum atomic E-state index is 12.5. The first-order valence-electron chi connectivity index (χ1n) is 7.00. The van der Waals surface area contributed by atoms with Gasteiger partial charge in [-0.15, -0.1) is 0 Å². The summed E-state index contributed by atoms with van der Waals surface area (Å²) >= 11 is 11.7. The predicted molar refractivity (Wildman–Crippen MR) is 98.3 cm³/mol. The standard InChI is InChI=1S/C16H16Cl2N2O3S/c1-11(16(21)19-14-5-3-4-13(18)10-14)20(24(2,22)23)15-8-6-12(17)7-9-15/h3-11H,1-2H3,(H,19,21). The second-order valence-electron chi connectivity index (χ2n) is 5.21. The van der Waals surface area contributed by atoms with Crippen LogP contribution in [-0.4, -0.2) is 26.6 Å². The minimum atomic E-state index is -3.67. The molecular formula is C16H16Cl2N2O3S. The molecule has 0 bridgehead atoms. The first kappa shape index (κ1) is 18.6. The number of anilines is 2. The molecule has 5 nitrogen and oxygen atoms in total. The zero-order valence-corrected chi connectivity index (χ0v) is 15.4. The fraction of sp³-hybridized carbons (Fsp3) is 0.188. The summed E-state index contributed by atoms with van der Waals surface area (Å²) in [4.78, 5) is 12.5. The number of amides is 1. The number of nitrogens with zero attached hydrogens (tertiary/aromatic N) is 1. The van der Waals surface area contributed by atoms with Gasteiger partial charge in [0.15, 0.2) is 0 Å². The molecule has 128 valence electrons. The molecule has 1 amide bonds. The summed E-state index contributed by atoms with van der Waals surface area (Å²) in [5, 5.41) is 3.61. The van der Waals surface area contributed by atoms with Crippen molar-refractivity contribution in [2.75, 3.05) is 15.9 Å². The van der Waals surface area contributed by atoms with Crippen LogP contribution >= 0.6 is 23.2 Å². The van der Waals surface area contributed by atoms with Crippen LogP contribution in [0.5, 0.6) is 0 Å². The van der Waals surface area contributed by atoms with E-state index in [1.807, 2.05) is 0 Å². The third-order valence-corrected chi connectivity index (χ3v) is 4.99. The number of carbonyl (C=O) groups is 1. The lowest BCUT2D eigenvalue weighted by atomic mass is 10.2. The summed E-state index contributed by atoms with van der Waals surface area (Å²) in [5.74, 6) is -0.474. The van der Waals surface area contributed by atoms with Crippen LogP contribution < -0.4 is 9.62 Å². The highest BCUT2D eigenvalue weighted by atomic mass is 35.5. The fourth-order valence-electron chi connectivity index (χ4n) is 2.21. The SMILES string of the molecule is CC(C(=O)Nc1cccc(Cl)c1)N(c1ccc(Cl)cc1)S(C)(=O)=O. The van der Waals surface area contributed by atoms with E-state index in [9.17, 15) is 13.2 Å². The highest BCUT2D eigenvalue weighted by Crippen LogP contribution is 2.24. The minimum Gasteiger partial charge on any atom is -0.324 e.